The topological polar surface area (TPSA) is 91.3 Å². The first-order chi connectivity index (χ1) is 12.8. The van der Waals surface area contributed by atoms with E-state index in [1.54, 1.807) is 19.5 Å². The number of aryl methyl sites for hydroxylation is 1. The minimum absolute atomic E-state index is 0.177. The molecule has 0 bridgehead atoms. The van der Waals surface area contributed by atoms with E-state index in [1.807, 2.05) is 0 Å². The lowest BCUT2D eigenvalue weighted by atomic mass is 10.4. The van der Waals surface area contributed by atoms with Gasteiger partial charge in [0.25, 0.3) is 5.91 Å². The maximum atomic E-state index is 12.5. The van der Waals surface area contributed by atoms with Crippen LogP contribution in [0, 0.1) is 6.92 Å². The summed E-state index contributed by atoms with van der Waals surface area (Å²) in [5, 5.41) is 10.2. The van der Waals surface area contributed by atoms with Crippen LogP contribution in [0.3, 0.4) is 0 Å². The number of amides is 1. The number of nitrogens with zero attached hydrogens (tertiary/aromatic N) is 3. The lowest BCUT2D eigenvalue weighted by molar-refractivity contribution is -0.140. The zero-order chi connectivity index (χ0) is 19.9. The van der Waals surface area contributed by atoms with Crippen molar-refractivity contribution in [3.8, 4) is 0 Å². The molecule has 0 fully saturated rings. The van der Waals surface area contributed by atoms with Gasteiger partial charge in [-0.15, -0.1) is 22.7 Å². The second kappa shape index (κ2) is 9.65. The standard InChI is InChI=1S/C15H19F3N6OS2/c1-9-12(27-8-23-9)13(25)20-5-6-22-14(19-2)21-4-3-11-24-10(7-26-11)15(16,17)18/h7-8H,3-6H2,1-2H3,(H,20,25)(H2,19,21,22). The molecule has 0 atom stereocenters. The SMILES string of the molecule is CN=C(NCCNC(=O)c1scnc1C)NCCc1nc(C(F)(F)F)cs1. The van der Waals surface area contributed by atoms with Crippen molar-refractivity contribution in [2.24, 2.45) is 4.99 Å². The molecule has 2 heterocycles. The third-order valence-corrected chi connectivity index (χ3v) is 5.19. The van der Waals surface area contributed by atoms with Gasteiger partial charge in [0.05, 0.1) is 16.2 Å². The number of rotatable bonds is 7. The summed E-state index contributed by atoms with van der Waals surface area (Å²) >= 11 is 2.26. The van der Waals surface area contributed by atoms with Crippen molar-refractivity contribution < 1.29 is 18.0 Å². The average molecular weight is 420 g/mol. The van der Waals surface area contributed by atoms with Crippen molar-refractivity contribution in [3.63, 3.8) is 0 Å². The van der Waals surface area contributed by atoms with E-state index in [0.717, 1.165) is 16.7 Å². The quantitative estimate of drug-likeness (QED) is 0.362. The molecule has 0 saturated carbocycles. The summed E-state index contributed by atoms with van der Waals surface area (Å²) < 4.78 is 37.5. The van der Waals surface area contributed by atoms with Crippen LogP contribution in [-0.2, 0) is 12.6 Å². The molecule has 2 aromatic heterocycles. The molecule has 0 aliphatic carbocycles. The molecule has 148 valence electrons. The lowest BCUT2D eigenvalue weighted by Gasteiger charge is -2.11. The molecular formula is C15H19F3N6OS2. The zero-order valence-corrected chi connectivity index (χ0v) is 16.3. The minimum Gasteiger partial charge on any atom is -0.356 e. The summed E-state index contributed by atoms with van der Waals surface area (Å²) in [5.41, 5.74) is 1.45. The Labute approximate surface area is 162 Å². The van der Waals surface area contributed by atoms with Crippen molar-refractivity contribution in [1.82, 2.24) is 25.9 Å². The van der Waals surface area contributed by atoms with Gasteiger partial charge in [0.15, 0.2) is 11.7 Å². The highest BCUT2D eigenvalue weighted by atomic mass is 32.1. The summed E-state index contributed by atoms with van der Waals surface area (Å²) in [6, 6.07) is 0. The maximum Gasteiger partial charge on any atom is 0.434 e. The van der Waals surface area contributed by atoms with Crippen LogP contribution in [0.2, 0.25) is 0 Å². The Kier molecular flexibility index (Phi) is 7.54. The number of guanidine groups is 1. The molecular weight excluding hydrogens is 401 g/mol. The van der Waals surface area contributed by atoms with Gasteiger partial charge in [0.2, 0.25) is 0 Å². The summed E-state index contributed by atoms with van der Waals surface area (Å²) in [7, 11) is 1.58. The Balaban J connectivity index is 1.66. The number of alkyl halides is 3. The third kappa shape index (κ3) is 6.47. The van der Waals surface area contributed by atoms with Gasteiger partial charge < -0.3 is 16.0 Å². The Morgan fingerprint density at radius 1 is 1.19 bits per heavy atom. The molecule has 0 aliphatic rings. The number of halogens is 3. The average Bonchev–Trinajstić information content (AvgIpc) is 3.25. The maximum absolute atomic E-state index is 12.5. The molecule has 2 aromatic rings. The van der Waals surface area contributed by atoms with Gasteiger partial charge in [0, 0.05) is 38.5 Å². The molecule has 0 unspecified atom stereocenters. The van der Waals surface area contributed by atoms with Crippen LogP contribution in [0.4, 0.5) is 13.2 Å². The summed E-state index contributed by atoms with van der Waals surface area (Å²) in [4.78, 5) is 24.1. The minimum atomic E-state index is -4.41. The molecule has 0 aliphatic heterocycles. The highest BCUT2D eigenvalue weighted by Crippen LogP contribution is 2.29. The van der Waals surface area contributed by atoms with Crippen LogP contribution >= 0.6 is 22.7 Å². The number of aromatic nitrogens is 2. The smallest absolute Gasteiger partial charge is 0.356 e. The molecule has 2 rings (SSSR count). The number of thiazole rings is 2. The van der Waals surface area contributed by atoms with Crippen molar-refractivity contribution in [2.75, 3.05) is 26.7 Å². The summed E-state index contributed by atoms with van der Waals surface area (Å²) in [6.07, 6.45) is -4.06. The van der Waals surface area contributed by atoms with E-state index < -0.39 is 11.9 Å². The second-order valence-electron chi connectivity index (χ2n) is 5.32. The van der Waals surface area contributed by atoms with Gasteiger partial charge in [-0.25, -0.2) is 9.97 Å². The number of hydrogen-bond acceptors (Lipinski definition) is 6. The molecule has 7 nitrogen and oxygen atoms in total. The Bertz CT molecular complexity index is 787. The van der Waals surface area contributed by atoms with Gasteiger partial charge in [-0.2, -0.15) is 13.2 Å². The number of carbonyl (C=O) groups is 1. The van der Waals surface area contributed by atoms with Crippen LogP contribution in [-0.4, -0.2) is 48.5 Å². The number of hydrogen-bond donors (Lipinski definition) is 3. The normalized spacial score (nSPS) is 12.1. The molecule has 1 amide bonds. The second-order valence-corrected chi connectivity index (χ2v) is 7.12. The highest BCUT2D eigenvalue weighted by Gasteiger charge is 2.33. The van der Waals surface area contributed by atoms with Crippen LogP contribution in [0.15, 0.2) is 15.9 Å². The Morgan fingerprint density at radius 3 is 2.48 bits per heavy atom. The number of aliphatic imine (C=N–C) groups is 1. The fourth-order valence-corrected chi connectivity index (χ4v) is 3.55. The number of carbonyl (C=O) groups excluding carboxylic acids is 1. The molecule has 0 saturated heterocycles. The largest absolute Gasteiger partial charge is 0.434 e. The van der Waals surface area contributed by atoms with Crippen LogP contribution in [0.5, 0.6) is 0 Å². The monoisotopic (exact) mass is 420 g/mol. The van der Waals surface area contributed by atoms with E-state index >= 15 is 0 Å². The van der Waals surface area contributed by atoms with Crippen molar-refractivity contribution in [3.05, 3.63) is 32.2 Å². The first-order valence-corrected chi connectivity index (χ1v) is 9.71. The first-order valence-electron chi connectivity index (χ1n) is 7.95. The fourth-order valence-electron chi connectivity index (χ4n) is 2.02. The summed E-state index contributed by atoms with van der Waals surface area (Å²) in [5.74, 6) is 0.315. The highest BCUT2D eigenvalue weighted by molar-refractivity contribution is 7.11. The van der Waals surface area contributed by atoms with E-state index in [2.05, 4.69) is 30.9 Å². The molecule has 0 spiro atoms. The van der Waals surface area contributed by atoms with Crippen molar-refractivity contribution >= 4 is 34.5 Å². The lowest BCUT2D eigenvalue weighted by Crippen LogP contribution is -2.42. The first kappa shape index (κ1) is 21.1. The van der Waals surface area contributed by atoms with E-state index in [9.17, 15) is 18.0 Å². The Hall–Kier alpha value is -2.21. The van der Waals surface area contributed by atoms with Crippen molar-refractivity contribution in [2.45, 2.75) is 19.5 Å². The molecule has 27 heavy (non-hydrogen) atoms. The fraction of sp³-hybridized carbons (Fsp3) is 0.467. The molecule has 12 heteroatoms. The Morgan fingerprint density at radius 2 is 1.89 bits per heavy atom. The third-order valence-electron chi connectivity index (χ3n) is 3.35. The van der Waals surface area contributed by atoms with Crippen LogP contribution in [0.1, 0.15) is 26.1 Å². The predicted molar refractivity (Wildman–Crippen MR) is 99.4 cm³/mol. The van der Waals surface area contributed by atoms with Gasteiger partial charge in [-0.3, -0.25) is 9.79 Å². The van der Waals surface area contributed by atoms with Crippen molar-refractivity contribution in [1.29, 1.82) is 0 Å². The van der Waals surface area contributed by atoms with E-state index in [-0.39, 0.29) is 5.91 Å². The van der Waals surface area contributed by atoms with Crippen LogP contribution in [0.25, 0.3) is 0 Å². The van der Waals surface area contributed by atoms with Gasteiger partial charge >= 0.3 is 6.18 Å². The van der Waals surface area contributed by atoms with Gasteiger partial charge in [-0.05, 0) is 6.92 Å². The molecule has 0 aromatic carbocycles. The van der Waals surface area contributed by atoms with E-state index in [1.165, 1.54) is 11.3 Å². The van der Waals surface area contributed by atoms with Gasteiger partial charge in [0.1, 0.15) is 4.88 Å². The van der Waals surface area contributed by atoms with Crippen LogP contribution < -0.4 is 16.0 Å². The zero-order valence-electron chi connectivity index (χ0n) is 14.7. The predicted octanol–water partition coefficient (Wildman–Crippen LogP) is 2.06. The summed E-state index contributed by atoms with van der Waals surface area (Å²) in [6.45, 7) is 2.99. The molecule has 3 N–H and O–H groups in total. The van der Waals surface area contributed by atoms with Gasteiger partial charge in [-0.1, -0.05) is 0 Å². The molecule has 0 radical (unpaired) electrons. The van der Waals surface area contributed by atoms with E-state index in [4.69, 9.17) is 0 Å². The van der Waals surface area contributed by atoms with E-state index in [0.29, 0.717) is 47.6 Å². The number of nitrogens with one attached hydrogen (secondary N) is 3.